The van der Waals surface area contributed by atoms with Crippen molar-refractivity contribution in [2.24, 2.45) is 0 Å². The Labute approximate surface area is 203 Å². The number of anilines is 2. The molecule has 1 heterocycles. The lowest BCUT2D eigenvalue weighted by atomic mass is 10.1. The van der Waals surface area contributed by atoms with Gasteiger partial charge in [-0.2, -0.15) is 0 Å². The summed E-state index contributed by atoms with van der Waals surface area (Å²) in [5, 5.41) is 5.66. The average molecular weight is 474 g/mol. The van der Waals surface area contributed by atoms with Crippen LogP contribution in [0, 0.1) is 13.8 Å². The molecule has 0 saturated carbocycles. The number of halogens is 1. The summed E-state index contributed by atoms with van der Waals surface area (Å²) >= 11 is 6.23. The number of carbonyl (C=O) groups excluding carboxylic acids is 3. The second-order valence-corrected chi connectivity index (χ2v) is 8.55. The molecular formula is C27H24ClN3O3. The maximum Gasteiger partial charge on any atom is 0.283 e. The summed E-state index contributed by atoms with van der Waals surface area (Å²) in [5.74, 6) is -1.29. The third-order valence-electron chi connectivity index (χ3n) is 5.45. The molecule has 0 unspecified atom stereocenters. The normalized spacial score (nSPS) is 13.4. The van der Waals surface area contributed by atoms with Gasteiger partial charge in [-0.3, -0.25) is 14.4 Å². The molecule has 0 saturated heterocycles. The number of aryl methyl sites for hydroxylation is 2. The van der Waals surface area contributed by atoms with Crippen LogP contribution in [0.4, 0.5) is 11.4 Å². The minimum absolute atomic E-state index is 0.00545. The van der Waals surface area contributed by atoms with Crippen molar-refractivity contribution in [2.75, 3.05) is 16.8 Å². The first-order valence-corrected chi connectivity index (χ1v) is 11.3. The summed E-state index contributed by atoms with van der Waals surface area (Å²) in [6.45, 7) is 4.32. The fourth-order valence-electron chi connectivity index (χ4n) is 3.84. The van der Waals surface area contributed by atoms with Crippen molar-refractivity contribution in [1.82, 2.24) is 5.32 Å². The average Bonchev–Trinajstić information content (AvgIpc) is 3.02. The van der Waals surface area contributed by atoms with E-state index >= 15 is 0 Å². The zero-order valence-corrected chi connectivity index (χ0v) is 19.6. The van der Waals surface area contributed by atoms with Crippen molar-refractivity contribution in [3.8, 4) is 0 Å². The van der Waals surface area contributed by atoms with Gasteiger partial charge in [0.25, 0.3) is 17.7 Å². The number of amides is 3. The van der Waals surface area contributed by atoms with Gasteiger partial charge in [-0.15, -0.1) is 0 Å². The molecule has 1 aliphatic rings. The van der Waals surface area contributed by atoms with Gasteiger partial charge in [-0.1, -0.05) is 48.0 Å². The summed E-state index contributed by atoms with van der Waals surface area (Å²) < 4.78 is 0. The fraction of sp³-hybridized carbons (Fsp3) is 0.148. The highest BCUT2D eigenvalue weighted by atomic mass is 35.5. The number of benzene rings is 3. The van der Waals surface area contributed by atoms with Gasteiger partial charge in [0.2, 0.25) is 0 Å². The summed E-state index contributed by atoms with van der Waals surface area (Å²) in [7, 11) is 0. The van der Waals surface area contributed by atoms with Crippen molar-refractivity contribution in [3.05, 3.63) is 106 Å². The van der Waals surface area contributed by atoms with Gasteiger partial charge in [-0.25, -0.2) is 4.90 Å². The molecule has 1 aliphatic heterocycles. The Balaban J connectivity index is 1.41. The van der Waals surface area contributed by atoms with Crippen LogP contribution in [-0.2, 0) is 16.0 Å². The third-order valence-corrected chi connectivity index (χ3v) is 5.80. The first-order chi connectivity index (χ1) is 16.3. The van der Waals surface area contributed by atoms with Crippen LogP contribution in [0.5, 0.6) is 0 Å². The molecule has 0 fully saturated rings. The van der Waals surface area contributed by atoms with Crippen LogP contribution in [-0.4, -0.2) is 24.3 Å². The van der Waals surface area contributed by atoms with E-state index in [4.69, 9.17) is 11.6 Å². The van der Waals surface area contributed by atoms with Gasteiger partial charge >= 0.3 is 0 Å². The van der Waals surface area contributed by atoms with Crippen LogP contribution in [0.1, 0.15) is 27.0 Å². The van der Waals surface area contributed by atoms with E-state index in [0.717, 1.165) is 28.0 Å². The summed E-state index contributed by atoms with van der Waals surface area (Å²) in [6, 6.07) is 22.0. The fourth-order valence-corrected chi connectivity index (χ4v) is 4.05. The highest BCUT2D eigenvalue weighted by molar-refractivity contribution is 6.53. The van der Waals surface area contributed by atoms with Gasteiger partial charge in [0.1, 0.15) is 10.7 Å². The van der Waals surface area contributed by atoms with Crippen LogP contribution < -0.4 is 15.5 Å². The van der Waals surface area contributed by atoms with Gasteiger partial charge in [-0.05, 0) is 73.4 Å². The van der Waals surface area contributed by atoms with Gasteiger partial charge in [0.05, 0.1) is 5.69 Å². The van der Waals surface area contributed by atoms with Crippen molar-refractivity contribution in [2.45, 2.75) is 20.3 Å². The Kier molecular flexibility index (Phi) is 6.80. The predicted molar refractivity (Wildman–Crippen MR) is 134 cm³/mol. The van der Waals surface area contributed by atoms with Crippen molar-refractivity contribution in [3.63, 3.8) is 0 Å². The molecule has 172 valence electrons. The number of rotatable bonds is 7. The molecular weight excluding hydrogens is 450 g/mol. The number of carbonyl (C=O) groups is 3. The lowest BCUT2D eigenvalue weighted by Gasteiger charge is -2.16. The van der Waals surface area contributed by atoms with E-state index in [1.54, 1.807) is 36.4 Å². The number of hydrogen-bond donors (Lipinski definition) is 2. The molecule has 3 aromatic rings. The molecule has 7 heteroatoms. The molecule has 0 atom stereocenters. The molecule has 4 rings (SSSR count). The predicted octanol–water partition coefficient (Wildman–Crippen LogP) is 4.71. The molecule has 34 heavy (non-hydrogen) atoms. The maximum atomic E-state index is 13.0. The minimum Gasteiger partial charge on any atom is -0.352 e. The monoisotopic (exact) mass is 473 g/mol. The molecule has 6 nitrogen and oxygen atoms in total. The van der Waals surface area contributed by atoms with Crippen molar-refractivity contribution < 1.29 is 14.4 Å². The molecule has 3 amide bonds. The molecule has 0 radical (unpaired) electrons. The maximum absolute atomic E-state index is 13.0. The molecule has 0 bridgehead atoms. The van der Waals surface area contributed by atoms with E-state index in [9.17, 15) is 14.4 Å². The molecule has 0 aliphatic carbocycles. The zero-order chi connectivity index (χ0) is 24.2. The Morgan fingerprint density at radius 3 is 2.18 bits per heavy atom. The molecule has 2 N–H and O–H groups in total. The lowest BCUT2D eigenvalue weighted by Crippen LogP contribution is -2.32. The second kappa shape index (κ2) is 9.93. The summed E-state index contributed by atoms with van der Waals surface area (Å²) in [5.41, 5.74) is 4.53. The quantitative estimate of drug-likeness (QED) is 0.487. The first-order valence-electron chi connectivity index (χ1n) is 10.9. The largest absolute Gasteiger partial charge is 0.352 e. The van der Waals surface area contributed by atoms with Crippen molar-refractivity contribution >= 4 is 40.7 Å². The Bertz CT molecular complexity index is 1260. The number of imide groups is 1. The SMILES string of the molecule is Cc1cc(C)cc(N2C(=O)C(Cl)=C(Nc3ccc(C(=O)NCCc4ccccc4)cc3)C2=O)c1. The lowest BCUT2D eigenvalue weighted by molar-refractivity contribution is -0.120. The standard InChI is InChI=1S/C27H24ClN3O3/c1-17-14-18(2)16-22(15-17)31-26(33)23(28)24(27(31)34)30-21-10-8-20(9-11-21)25(32)29-13-12-19-6-4-3-5-7-19/h3-11,14-16,30H,12-13H2,1-2H3,(H,29,32). The minimum atomic E-state index is -0.575. The van der Waals surface area contributed by atoms with Crippen LogP contribution in [0.3, 0.4) is 0 Å². The van der Waals surface area contributed by atoms with Crippen LogP contribution >= 0.6 is 11.6 Å². The molecule has 0 spiro atoms. The number of hydrogen-bond acceptors (Lipinski definition) is 4. The second-order valence-electron chi connectivity index (χ2n) is 8.17. The van der Waals surface area contributed by atoms with Crippen LogP contribution in [0.2, 0.25) is 0 Å². The van der Waals surface area contributed by atoms with E-state index in [1.807, 2.05) is 50.2 Å². The van der Waals surface area contributed by atoms with Gasteiger partial charge < -0.3 is 10.6 Å². The smallest absolute Gasteiger partial charge is 0.283 e. The third kappa shape index (κ3) is 5.02. The Hall–Kier alpha value is -3.90. The Morgan fingerprint density at radius 1 is 0.882 bits per heavy atom. The Morgan fingerprint density at radius 2 is 1.53 bits per heavy atom. The first kappa shape index (κ1) is 23.3. The summed E-state index contributed by atoms with van der Waals surface area (Å²) in [6.07, 6.45) is 0.742. The van der Waals surface area contributed by atoms with E-state index in [0.29, 0.717) is 23.5 Å². The van der Waals surface area contributed by atoms with E-state index in [1.165, 1.54) is 0 Å². The topological polar surface area (TPSA) is 78.5 Å². The number of nitrogens with one attached hydrogen (secondary N) is 2. The molecule has 0 aromatic heterocycles. The zero-order valence-electron chi connectivity index (χ0n) is 18.9. The highest BCUT2D eigenvalue weighted by Gasteiger charge is 2.39. The van der Waals surface area contributed by atoms with Gasteiger partial charge in [0, 0.05) is 17.8 Å². The van der Waals surface area contributed by atoms with E-state index < -0.39 is 11.8 Å². The number of nitrogens with zero attached hydrogens (tertiary/aromatic N) is 1. The van der Waals surface area contributed by atoms with Crippen LogP contribution in [0.15, 0.2) is 83.5 Å². The van der Waals surface area contributed by atoms with Crippen LogP contribution in [0.25, 0.3) is 0 Å². The van der Waals surface area contributed by atoms with E-state index in [-0.39, 0.29) is 16.6 Å². The summed E-state index contributed by atoms with van der Waals surface area (Å²) in [4.78, 5) is 39.2. The molecule has 3 aromatic carbocycles. The van der Waals surface area contributed by atoms with Gasteiger partial charge in [0.15, 0.2) is 0 Å². The van der Waals surface area contributed by atoms with Crippen molar-refractivity contribution in [1.29, 1.82) is 0 Å². The highest BCUT2D eigenvalue weighted by Crippen LogP contribution is 2.31. The van der Waals surface area contributed by atoms with E-state index in [2.05, 4.69) is 10.6 Å².